The van der Waals surface area contributed by atoms with E-state index in [-0.39, 0.29) is 30.0 Å². The van der Waals surface area contributed by atoms with Crippen molar-refractivity contribution < 1.29 is 14.3 Å². The van der Waals surface area contributed by atoms with Crippen molar-refractivity contribution in [1.29, 1.82) is 0 Å². The van der Waals surface area contributed by atoms with Crippen LogP contribution in [0.15, 0.2) is 0 Å². The average Bonchev–Trinajstić information content (AvgIpc) is 2.61. The summed E-state index contributed by atoms with van der Waals surface area (Å²) in [5.41, 5.74) is 0. The molecule has 2 heterocycles. The SMILES string of the molecule is CNC1CCOC2CCC(C(C)=O)N2C1=O. The van der Waals surface area contributed by atoms with Crippen LogP contribution in [0.3, 0.4) is 0 Å². The molecular weight excluding hydrogens is 208 g/mol. The summed E-state index contributed by atoms with van der Waals surface area (Å²) >= 11 is 0. The number of hydrogen-bond acceptors (Lipinski definition) is 4. The van der Waals surface area contributed by atoms with Gasteiger partial charge in [-0.2, -0.15) is 0 Å². The maximum atomic E-state index is 12.2. The standard InChI is InChI=1S/C11H18N2O3/c1-7(14)9-3-4-10-13(9)11(15)8(12-2)5-6-16-10/h8-10,12H,3-6H2,1-2H3. The van der Waals surface area contributed by atoms with Gasteiger partial charge in [-0.1, -0.05) is 0 Å². The van der Waals surface area contributed by atoms with E-state index in [1.54, 1.807) is 18.9 Å². The van der Waals surface area contributed by atoms with Gasteiger partial charge in [0.2, 0.25) is 5.91 Å². The second-order valence-electron chi connectivity index (χ2n) is 4.40. The normalized spacial score (nSPS) is 34.8. The van der Waals surface area contributed by atoms with Crippen LogP contribution in [0.2, 0.25) is 0 Å². The molecule has 2 fully saturated rings. The van der Waals surface area contributed by atoms with Gasteiger partial charge in [0.25, 0.3) is 0 Å². The highest BCUT2D eigenvalue weighted by molar-refractivity contribution is 5.90. The summed E-state index contributed by atoms with van der Waals surface area (Å²) in [6.07, 6.45) is 1.97. The first-order valence-corrected chi connectivity index (χ1v) is 5.76. The minimum absolute atomic E-state index is 0.00250. The Morgan fingerprint density at radius 1 is 1.44 bits per heavy atom. The van der Waals surface area contributed by atoms with Crippen LogP contribution < -0.4 is 5.32 Å². The first-order valence-electron chi connectivity index (χ1n) is 5.76. The lowest BCUT2D eigenvalue weighted by Crippen LogP contribution is -2.50. The zero-order chi connectivity index (χ0) is 11.7. The summed E-state index contributed by atoms with van der Waals surface area (Å²) in [5.74, 6) is 0.0545. The lowest BCUT2D eigenvalue weighted by Gasteiger charge is -2.28. The van der Waals surface area contributed by atoms with E-state index in [1.165, 1.54) is 0 Å². The van der Waals surface area contributed by atoms with Gasteiger partial charge in [-0.15, -0.1) is 0 Å². The number of hydrogen-bond donors (Lipinski definition) is 1. The van der Waals surface area contributed by atoms with Gasteiger partial charge >= 0.3 is 0 Å². The van der Waals surface area contributed by atoms with E-state index < -0.39 is 0 Å². The highest BCUT2D eigenvalue weighted by Gasteiger charge is 2.43. The summed E-state index contributed by atoms with van der Waals surface area (Å²) in [6, 6.07) is -0.503. The Hall–Kier alpha value is -0.940. The van der Waals surface area contributed by atoms with Gasteiger partial charge < -0.3 is 15.0 Å². The third-order valence-corrected chi connectivity index (χ3v) is 3.42. The molecule has 0 saturated carbocycles. The molecule has 90 valence electrons. The Labute approximate surface area is 95.1 Å². The monoisotopic (exact) mass is 226 g/mol. The van der Waals surface area contributed by atoms with Gasteiger partial charge in [-0.25, -0.2) is 0 Å². The van der Waals surface area contributed by atoms with Crippen LogP contribution in [0.4, 0.5) is 0 Å². The van der Waals surface area contributed by atoms with Crippen LogP contribution in [-0.4, -0.2) is 48.6 Å². The lowest BCUT2D eigenvalue weighted by molar-refractivity contribution is -0.146. The Balaban J connectivity index is 2.22. The summed E-state index contributed by atoms with van der Waals surface area (Å²) < 4.78 is 5.62. The Morgan fingerprint density at radius 2 is 2.19 bits per heavy atom. The van der Waals surface area contributed by atoms with Crippen molar-refractivity contribution in [1.82, 2.24) is 10.2 Å². The van der Waals surface area contributed by atoms with E-state index in [1.807, 2.05) is 0 Å². The summed E-state index contributed by atoms with van der Waals surface area (Å²) in [7, 11) is 1.77. The Morgan fingerprint density at radius 3 is 2.81 bits per heavy atom. The summed E-state index contributed by atoms with van der Waals surface area (Å²) in [5, 5.41) is 2.98. The fraction of sp³-hybridized carbons (Fsp3) is 0.818. The molecule has 0 aromatic heterocycles. The molecule has 2 rings (SSSR count). The van der Waals surface area contributed by atoms with E-state index in [2.05, 4.69) is 5.32 Å². The van der Waals surface area contributed by atoms with E-state index in [4.69, 9.17) is 4.74 Å². The van der Waals surface area contributed by atoms with Crippen LogP contribution in [0.1, 0.15) is 26.2 Å². The maximum absolute atomic E-state index is 12.2. The molecule has 3 atom stereocenters. The van der Waals surface area contributed by atoms with E-state index >= 15 is 0 Å². The molecule has 0 aromatic carbocycles. The fourth-order valence-corrected chi connectivity index (χ4v) is 2.53. The number of nitrogens with zero attached hydrogens (tertiary/aromatic N) is 1. The smallest absolute Gasteiger partial charge is 0.242 e. The number of carbonyl (C=O) groups excluding carboxylic acids is 2. The molecule has 16 heavy (non-hydrogen) atoms. The third-order valence-electron chi connectivity index (χ3n) is 3.42. The summed E-state index contributed by atoms with van der Waals surface area (Å²) in [4.78, 5) is 25.3. The number of amides is 1. The highest BCUT2D eigenvalue weighted by Crippen LogP contribution is 2.28. The van der Waals surface area contributed by atoms with Gasteiger partial charge in [0, 0.05) is 0 Å². The molecule has 2 aliphatic heterocycles. The molecule has 1 N–H and O–H groups in total. The fourth-order valence-electron chi connectivity index (χ4n) is 2.53. The molecule has 2 saturated heterocycles. The van der Waals surface area contributed by atoms with Crippen molar-refractivity contribution in [2.75, 3.05) is 13.7 Å². The zero-order valence-electron chi connectivity index (χ0n) is 9.73. The number of nitrogens with one attached hydrogen (secondary N) is 1. The number of rotatable bonds is 2. The largest absolute Gasteiger partial charge is 0.358 e. The van der Waals surface area contributed by atoms with Gasteiger partial charge in [0.1, 0.15) is 6.23 Å². The molecule has 0 bridgehead atoms. The second kappa shape index (κ2) is 4.51. The summed E-state index contributed by atoms with van der Waals surface area (Å²) in [6.45, 7) is 2.11. The Kier molecular flexibility index (Phi) is 3.25. The van der Waals surface area contributed by atoms with Crippen LogP contribution in [0.5, 0.6) is 0 Å². The number of carbonyl (C=O) groups is 2. The van der Waals surface area contributed by atoms with E-state index in [0.29, 0.717) is 13.0 Å². The minimum Gasteiger partial charge on any atom is -0.358 e. The van der Waals surface area contributed by atoms with Crippen molar-refractivity contribution in [2.24, 2.45) is 0 Å². The molecule has 2 aliphatic rings. The van der Waals surface area contributed by atoms with Gasteiger partial charge in [-0.05, 0) is 33.2 Å². The van der Waals surface area contributed by atoms with Crippen molar-refractivity contribution in [3.63, 3.8) is 0 Å². The molecule has 5 nitrogen and oxygen atoms in total. The average molecular weight is 226 g/mol. The minimum atomic E-state index is -0.286. The number of ketones is 1. The topological polar surface area (TPSA) is 58.6 Å². The number of likely N-dealkylation sites (N-methyl/N-ethyl adjacent to an activating group) is 1. The highest BCUT2D eigenvalue weighted by atomic mass is 16.5. The van der Waals surface area contributed by atoms with Crippen molar-refractivity contribution in [2.45, 2.75) is 44.5 Å². The van der Waals surface area contributed by atoms with Gasteiger partial charge in [0.15, 0.2) is 5.78 Å². The molecule has 0 aliphatic carbocycles. The predicted molar refractivity (Wildman–Crippen MR) is 57.8 cm³/mol. The van der Waals surface area contributed by atoms with Crippen molar-refractivity contribution in [3.05, 3.63) is 0 Å². The van der Waals surface area contributed by atoms with Crippen molar-refractivity contribution in [3.8, 4) is 0 Å². The van der Waals surface area contributed by atoms with Gasteiger partial charge in [-0.3, -0.25) is 9.59 Å². The molecule has 3 unspecified atom stereocenters. The quantitative estimate of drug-likeness (QED) is 0.714. The molecule has 0 aromatic rings. The first kappa shape index (κ1) is 11.5. The first-order chi connectivity index (χ1) is 7.65. The van der Waals surface area contributed by atoms with E-state index in [0.717, 1.165) is 12.8 Å². The lowest BCUT2D eigenvalue weighted by atomic mass is 10.1. The van der Waals surface area contributed by atoms with Crippen LogP contribution >= 0.6 is 0 Å². The van der Waals surface area contributed by atoms with E-state index in [9.17, 15) is 9.59 Å². The molecule has 0 spiro atoms. The van der Waals surface area contributed by atoms with Crippen LogP contribution in [0, 0.1) is 0 Å². The third kappa shape index (κ3) is 1.85. The van der Waals surface area contributed by atoms with Gasteiger partial charge in [0.05, 0.1) is 18.7 Å². The van der Waals surface area contributed by atoms with Crippen molar-refractivity contribution >= 4 is 11.7 Å². The molecule has 5 heteroatoms. The molecule has 0 radical (unpaired) electrons. The number of Topliss-reactive ketones (excluding diaryl/α,β-unsaturated/α-hetero) is 1. The Bertz CT molecular complexity index is 306. The number of ether oxygens (including phenoxy) is 1. The van der Waals surface area contributed by atoms with Crippen LogP contribution in [0.25, 0.3) is 0 Å². The second-order valence-corrected chi connectivity index (χ2v) is 4.40. The maximum Gasteiger partial charge on any atom is 0.242 e. The zero-order valence-corrected chi connectivity index (χ0v) is 9.73. The number of fused-ring (bicyclic) bond motifs is 1. The molecular formula is C11H18N2O3. The predicted octanol–water partition coefficient (Wildman–Crippen LogP) is -0.0992. The van der Waals surface area contributed by atoms with Crippen LogP contribution in [-0.2, 0) is 14.3 Å². The molecule has 1 amide bonds.